The molecule has 0 saturated carbocycles. The van der Waals surface area contributed by atoms with E-state index in [1.807, 2.05) is 49.4 Å². The van der Waals surface area contributed by atoms with E-state index in [0.717, 1.165) is 55.0 Å². The third-order valence-electron chi connectivity index (χ3n) is 10.0. The van der Waals surface area contributed by atoms with Gasteiger partial charge in [0.1, 0.15) is 23.7 Å². The lowest BCUT2D eigenvalue weighted by atomic mass is 9.96. The van der Waals surface area contributed by atoms with Crippen LogP contribution in [0.25, 0.3) is 28.0 Å². The van der Waals surface area contributed by atoms with Crippen LogP contribution in [-0.2, 0) is 26.0 Å². The predicted molar refractivity (Wildman–Crippen MR) is 211 cm³/mol. The highest BCUT2D eigenvalue weighted by Gasteiger charge is 2.21. The molecule has 2 aromatic heterocycles. The van der Waals surface area contributed by atoms with Crippen LogP contribution in [0, 0.1) is 13.8 Å². The van der Waals surface area contributed by atoms with Gasteiger partial charge in [-0.1, -0.05) is 60.7 Å². The molecule has 1 amide bonds. The number of anilines is 1. The van der Waals surface area contributed by atoms with Crippen molar-refractivity contribution in [3.63, 3.8) is 0 Å². The molecule has 11 nitrogen and oxygen atoms in total. The lowest BCUT2D eigenvalue weighted by Gasteiger charge is -2.29. The van der Waals surface area contributed by atoms with Crippen molar-refractivity contribution in [3.05, 3.63) is 159 Å². The van der Waals surface area contributed by atoms with Crippen LogP contribution in [0.5, 0.6) is 11.5 Å². The Hall–Kier alpha value is -6.59. The summed E-state index contributed by atoms with van der Waals surface area (Å²) < 4.78 is 17.6. The fourth-order valence-corrected chi connectivity index (χ4v) is 6.96. The molecule has 1 aliphatic rings. The van der Waals surface area contributed by atoms with Crippen molar-refractivity contribution in [1.29, 1.82) is 0 Å². The number of carbonyl (C=O) groups excluding carboxylic acids is 1. The molecule has 8 rings (SSSR count). The lowest BCUT2D eigenvalue weighted by Crippen LogP contribution is -2.32. The summed E-state index contributed by atoms with van der Waals surface area (Å²) in [5, 5.41) is 16.8. The second kappa shape index (κ2) is 15.4. The summed E-state index contributed by atoms with van der Waals surface area (Å²) >= 11 is 0. The summed E-state index contributed by atoms with van der Waals surface area (Å²) in [4.78, 5) is 30.3. The number of amides is 1. The number of carbonyl (C=O) groups is 1. The monoisotopic (exact) mass is 732 g/mol. The van der Waals surface area contributed by atoms with Gasteiger partial charge in [0.2, 0.25) is 5.82 Å². The van der Waals surface area contributed by atoms with Crippen LogP contribution in [0.4, 0.5) is 5.69 Å². The standard InChI is InChI=1S/C44H40N6O5/c1-28-21-32-18-20-49(26-33(32)23-40(28)53-3)19-17-30-13-15-34(16-14-30)50-47-43(46-48-50)36-24-41(54-27-31-9-5-4-6-10-31)29(2)22-37(36)45-44(52)42-25-38(51)35-11-7-8-12-39(35)55-42/h4-16,21-25H,17-20,26-27H2,1-3H3,(H,45,52). The highest BCUT2D eigenvalue weighted by Crippen LogP contribution is 2.34. The Morgan fingerprint density at radius 2 is 1.64 bits per heavy atom. The maximum Gasteiger partial charge on any atom is 0.291 e. The van der Waals surface area contributed by atoms with Crippen molar-refractivity contribution in [1.82, 2.24) is 25.1 Å². The Labute approximate surface area is 318 Å². The average molecular weight is 733 g/mol. The third-order valence-corrected chi connectivity index (χ3v) is 10.0. The number of tetrazole rings is 1. The number of para-hydroxylation sites is 1. The molecule has 276 valence electrons. The third kappa shape index (κ3) is 7.74. The van der Waals surface area contributed by atoms with Gasteiger partial charge in [0.15, 0.2) is 11.2 Å². The molecule has 7 aromatic rings. The van der Waals surface area contributed by atoms with Crippen LogP contribution < -0.4 is 20.2 Å². The van der Waals surface area contributed by atoms with Crippen LogP contribution in [0.1, 0.15) is 43.9 Å². The van der Waals surface area contributed by atoms with Gasteiger partial charge in [-0.05, 0) is 108 Å². The first-order valence-corrected chi connectivity index (χ1v) is 18.3. The van der Waals surface area contributed by atoms with E-state index in [1.165, 1.54) is 33.1 Å². The first-order valence-electron chi connectivity index (χ1n) is 18.3. The molecule has 1 N–H and O–H groups in total. The van der Waals surface area contributed by atoms with Crippen molar-refractivity contribution in [2.45, 2.75) is 39.8 Å². The SMILES string of the molecule is COc1cc2c(cc1C)CCN(CCc1ccc(-n3nnc(-c4cc(OCc5ccccc5)c(C)cc4NC(=O)c4cc(=O)c5ccccc5o4)n3)cc1)C2. The highest BCUT2D eigenvalue weighted by atomic mass is 16.5. The molecule has 0 atom stereocenters. The first kappa shape index (κ1) is 35.4. The normalized spacial score (nSPS) is 12.7. The van der Waals surface area contributed by atoms with E-state index in [9.17, 15) is 9.59 Å². The second-order valence-electron chi connectivity index (χ2n) is 13.8. The van der Waals surface area contributed by atoms with E-state index in [2.05, 4.69) is 51.7 Å². The maximum atomic E-state index is 13.6. The fourth-order valence-electron chi connectivity index (χ4n) is 6.96. The molecule has 11 heteroatoms. The van der Waals surface area contributed by atoms with E-state index in [0.29, 0.717) is 34.6 Å². The van der Waals surface area contributed by atoms with Gasteiger partial charge >= 0.3 is 0 Å². The lowest BCUT2D eigenvalue weighted by molar-refractivity contribution is 0.0997. The molecule has 0 aliphatic carbocycles. The van der Waals surface area contributed by atoms with Gasteiger partial charge in [-0.3, -0.25) is 14.5 Å². The Balaban J connectivity index is 1.02. The van der Waals surface area contributed by atoms with Crippen LogP contribution in [0.3, 0.4) is 0 Å². The average Bonchev–Trinajstić information content (AvgIpc) is 3.70. The Morgan fingerprint density at radius 3 is 2.45 bits per heavy atom. The first-order chi connectivity index (χ1) is 26.8. The van der Waals surface area contributed by atoms with Gasteiger partial charge < -0.3 is 19.2 Å². The summed E-state index contributed by atoms with van der Waals surface area (Å²) in [6.45, 7) is 7.22. The number of hydrogen-bond donors (Lipinski definition) is 1. The number of rotatable bonds is 11. The number of nitrogens with zero attached hydrogens (tertiary/aromatic N) is 5. The molecule has 5 aromatic carbocycles. The van der Waals surface area contributed by atoms with E-state index in [-0.39, 0.29) is 17.0 Å². The molecule has 55 heavy (non-hydrogen) atoms. The highest BCUT2D eigenvalue weighted by molar-refractivity contribution is 6.05. The zero-order valence-corrected chi connectivity index (χ0v) is 30.9. The van der Waals surface area contributed by atoms with Crippen molar-refractivity contribution in [2.24, 2.45) is 0 Å². The zero-order valence-electron chi connectivity index (χ0n) is 30.9. The van der Waals surface area contributed by atoms with Gasteiger partial charge in [-0.25, -0.2) is 0 Å². The smallest absolute Gasteiger partial charge is 0.291 e. The summed E-state index contributed by atoms with van der Waals surface area (Å²) in [5.74, 6) is 1.11. The molecule has 3 heterocycles. The van der Waals surface area contributed by atoms with Crippen molar-refractivity contribution < 1.29 is 18.7 Å². The van der Waals surface area contributed by atoms with Gasteiger partial charge in [-0.15, -0.1) is 15.0 Å². The Bertz CT molecular complexity index is 2560. The van der Waals surface area contributed by atoms with E-state index < -0.39 is 5.91 Å². The van der Waals surface area contributed by atoms with Crippen molar-refractivity contribution >= 4 is 22.6 Å². The molecule has 0 saturated heterocycles. The molecule has 0 unspecified atom stereocenters. The van der Waals surface area contributed by atoms with Crippen LogP contribution in [0.2, 0.25) is 0 Å². The van der Waals surface area contributed by atoms with Crippen LogP contribution in [-0.4, -0.2) is 51.2 Å². The number of benzene rings is 5. The van der Waals surface area contributed by atoms with Gasteiger partial charge in [0, 0.05) is 25.7 Å². The number of nitrogens with one attached hydrogen (secondary N) is 1. The Morgan fingerprint density at radius 1 is 0.855 bits per heavy atom. The van der Waals surface area contributed by atoms with E-state index >= 15 is 0 Å². The number of methoxy groups -OCH3 is 1. The predicted octanol–water partition coefficient (Wildman–Crippen LogP) is 7.49. The van der Waals surface area contributed by atoms with Gasteiger partial charge in [-0.2, -0.15) is 0 Å². The molecule has 1 aliphatic heterocycles. The van der Waals surface area contributed by atoms with Crippen molar-refractivity contribution in [2.75, 3.05) is 25.5 Å². The van der Waals surface area contributed by atoms with Crippen LogP contribution >= 0.6 is 0 Å². The summed E-state index contributed by atoms with van der Waals surface area (Å²) in [5.41, 5.74) is 8.59. The largest absolute Gasteiger partial charge is 0.496 e. The summed E-state index contributed by atoms with van der Waals surface area (Å²) in [6, 6.07) is 34.0. The maximum absolute atomic E-state index is 13.6. The van der Waals surface area contributed by atoms with Gasteiger partial charge in [0.05, 0.1) is 29.4 Å². The molecular weight excluding hydrogens is 693 g/mol. The van der Waals surface area contributed by atoms with E-state index in [4.69, 9.17) is 19.0 Å². The summed E-state index contributed by atoms with van der Waals surface area (Å²) in [7, 11) is 1.73. The van der Waals surface area contributed by atoms with Crippen LogP contribution in [0.15, 0.2) is 118 Å². The molecule has 0 bridgehead atoms. The Kier molecular flexibility index (Phi) is 9.93. The molecular formula is C44H40N6O5. The number of ether oxygens (including phenoxy) is 2. The number of hydrogen-bond acceptors (Lipinski definition) is 9. The second-order valence-corrected chi connectivity index (χ2v) is 13.8. The molecule has 0 radical (unpaired) electrons. The molecule has 0 spiro atoms. The van der Waals surface area contributed by atoms with E-state index in [1.54, 1.807) is 43.5 Å². The van der Waals surface area contributed by atoms with Crippen molar-refractivity contribution in [3.8, 4) is 28.6 Å². The van der Waals surface area contributed by atoms with Gasteiger partial charge in [0.25, 0.3) is 5.91 Å². The minimum atomic E-state index is -0.590. The number of aryl methyl sites for hydroxylation is 2. The topological polar surface area (TPSA) is 125 Å². The molecule has 0 fully saturated rings. The number of aromatic nitrogens is 4. The quantitative estimate of drug-likeness (QED) is 0.144. The zero-order chi connectivity index (χ0) is 37.9. The summed E-state index contributed by atoms with van der Waals surface area (Å²) in [6.07, 6.45) is 1.94. The minimum Gasteiger partial charge on any atom is -0.496 e. The minimum absolute atomic E-state index is 0.117. The fraction of sp³-hybridized carbons (Fsp3) is 0.205. The number of fused-ring (bicyclic) bond motifs is 2.